The summed E-state index contributed by atoms with van der Waals surface area (Å²) in [7, 11) is 1.39. The van der Waals surface area contributed by atoms with Crippen molar-refractivity contribution in [2.75, 3.05) is 34.0 Å². The molecule has 3 rings (SSSR count). The fraction of sp³-hybridized carbons (Fsp3) is 0.606. The third-order valence-corrected chi connectivity index (χ3v) is 8.36. The molecule has 1 unspecified atom stereocenters. The first-order chi connectivity index (χ1) is 20.9. The Balaban J connectivity index is 1.67. The first-order valence-corrected chi connectivity index (χ1v) is 16.1. The van der Waals surface area contributed by atoms with E-state index in [0.717, 1.165) is 11.6 Å². The van der Waals surface area contributed by atoms with E-state index in [4.69, 9.17) is 37.5 Å². The van der Waals surface area contributed by atoms with Crippen LogP contribution in [0.2, 0.25) is 0 Å². The van der Waals surface area contributed by atoms with Crippen molar-refractivity contribution >= 4 is 14.5 Å². The Morgan fingerprint density at radius 1 is 0.844 bits per heavy atom. The molecule has 2 aromatic rings. The molecule has 0 bridgehead atoms. The van der Waals surface area contributed by atoms with Gasteiger partial charge < -0.3 is 32.5 Å². The van der Waals surface area contributed by atoms with Crippen molar-refractivity contribution in [3.05, 3.63) is 53.1 Å². The molecule has 8 nitrogen and oxygen atoms in total. The van der Waals surface area contributed by atoms with E-state index in [1.807, 2.05) is 53.7 Å². The van der Waals surface area contributed by atoms with Crippen molar-refractivity contribution in [2.45, 2.75) is 97.1 Å². The maximum atomic E-state index is 14.1. The Hall–Kier alpha value is -2.59. The third-order valence-electron chi connectivity index (χ3n) is 6.62. The summed E-state index contributed by atoms with van der Waals surface area (Å²) in [5.41, 5.74) is -1.12. The number of ether oxygens (including phenoxy) is 4. The molecule has 0 saturated heterocycles. The quantitative estimate of drug-likeness (QED) is 0.140. The number of methoxy groups -OCH3 is 2. The van der Waals surface area contributed by atoms with Gasteiger partial charge in [0.25, 0.3) is 0 Å². The van der Waals surface area contributed by atoms with Crippen LogP contribution in [0.5, 0.6) is 17.2 Å². The number of aryl methyl sites for hydroxylation is 2. The molecule has 12 heteroatoms. The smallest absolute Gasteiger partial charge is 0.419 e. The number of alkyl halides is 3. The molecule has 0 aromatic heterocycles. The van der Waals surface area contributed by atoms with Crippen molar-refractivity contribution in [3.8, 4) is 17.2 Å². The van der Waals surface area contributed by atoms with E-state index in [1.165, 1.54) is 6.07 Å². The molecule has 1 aliphatic heterocycles. The zero-order valence-corrected chi connectivity index (χ0v) is 28.7. The standard InChI is InChI=1S/C33H47F3NO7P/c1-23-37-32(21-41-23,22-42-45(43-30(2,3)4)44-31(5,6)7)17-16-25-12-14-27(26(19-25)33(34,35)36)40-18-10-11-24-13-15-28(38-8)29(20-24)39-9/h12-15,19-20H,10-11,16-18,21-22H2,1-9H3. The minimum Gasteiger partial charge on any atom is -0.493 e. The Kier molecular flexibility index (Phi) is 12.6. The molecule has 0 aliphatic carbocycles. The van der Waals surface area contributed by atoms with Crippen LogP contribution in [0.15, 0.2) is 41.4 Å². The van der Waals surface area contributed by atoms with Crippen LogP contribution >= 0.6 is 8.60 Å². The lowest BCUT2D eigenvalue weighted by Crippen LogP contribution is -2.35. The van der Waals surface area contributed by atoms with Crippen molar-refractivity contribution in [2.24, 2.45) is 4.99 Å². The summed E-state index contributed by atoms with van der Waals surface area (Å²) in [6, 6.07) is 9.76. The minimum atomic E-state index is -4.58. The average molecular weight is 658 g/mol. The minimum absolute atomic E-state index is 0.124. The SMILES string of the molecule is COc1ccc(CCCOc2ccc(CCC3(COP(OC(C)(C)C)OC(C)(C)C)COC(C)=N3)cc2C(F)(F)F)cc1OC. The number of halogens is 3. The summed E-state index contributed by atoms with van der Waals surface area (Å²) in [5, 5.41) is 0. The van der Waals surface area contributed by atoms with Crippen LogP contribution in [-0.4, -0.2) is 56.7 Å². The summed E-state index contributed by atoms with van der Waals surface area (Å²) in [5.74, 6) is 1.52. The van der Waals surface area contributed by atoms with Gasteiger partial charge >= 0.3 is 14.8 Å². The van der Waals surface area contributed by atoms with Gasteiger partial charge in [-0.1, -0.05) is 12.1 Å². The molecule has 0 spiro atoms. The lowest BCUT2D eigenvalue weighted by atomic mass is 9.93. The van der Waals surface area contributed by atoms with E-state index < -0.39 is 37.1 Å². The summed E-state index contributed by atoms with van der Waals surface area (Å²) in [4.78, 5) is 4.69. The Morgan fingerprint density at radius 2 is 1.44 bits per heavy atom. The van der Waals surface area contributed by atoms with Crippen molar-refractivity contribution < 1.29 is 45.7 Å². The highest BCUT2D eigenvalue weighted by molar-refractivity contribution is 7.41. The molecule has 1 heterocycles. The van der Waals surface area contributed by atoms with Gasteiger partial charge in [0.15, 0.2) is 17.4 Å². The Morgan fingerprint density at radius 3 is 1.98 bits per heavy atom. The highest BCUT2D eigenvalue weighted by atomic mass is 31.2. The monoisotopic (exact) mass is 657 g/mol. The predicted octanol–water partition coefficient (Wildman–Crippen LogP) is 8.73. The molecular weight excluding hydrogens is 610 g/mol. The first kappa shape index (κ1) is 36.9. The van der Waals surface area contributed by atoms with Gasteiger partial charge in [-0.05, 0) is 103 Å². The fourth-order valence-electron chi connectivity index (χ4n) is 4.55. The van der Waals surface area contributed by atoms with Gasteiger partial charge in [-0.15, -0.1) is 0 Å². The fourth-order valence-corrected chi connectivity index (χ4v) is 5.94. The molecule has 45 heavy (non-hydrogen) atoms. The highest BCUT2D eigenvalue weighted by Gasteiger charge is 2.39. The van der Waals surface area contributed by atoms with Gasteiger partial charge in [0.1, 0.15) is 17.9 Å². The molecule has 0 fully saturated rings. The maximum Gasteiger partial charge on any atom is 0.419 e. The van der Waals surface area contributed by atoms with Crippen LogP contribution in [0.4, 0.5) is 13.2 Å². The maximum absolute atomic E-state index is 14.1. The van der Waals surface area contributed by atoms with E-state index >= 15 is 0 Å². The van der Waals surface area contributed by atoms with Crippen molar-refractivity contribution in [1.29, 1.82) is 0 Å². The Bertz CT molecular complexity index is 1270. The lowest BCUT2D eigenvalue weighted by Gasteiger charge is -2.32. The van der Waals surface area contributed by atoms with Gasteiger partial charge in [-0.25, -0.2) is 4.99 Å². The van der Waals surface area contributed by atoms with Gasteiger partial charge in [0.05, 0.1) is 44.2 Å². The van der Waals surface area contributed by atoms with E-state index in [2.05, 4.69) is 0 Å². The van der Waals surface area contributed by atoms with E-state index in [0.29, 0.717) is 48.6 Å². The zero-order chi connectivity index (χ0) is 33.5. The van der Waals surface area contributed by atoms with Crippen LogP contribution in [0.25, 0.3) is 0 Å². The molecule has 0 radical (unpaired) electrons. The van der Waals surface area contributed by atoms with Crippen LogP contribution in [0.1, 0.15) is 78.0 Å². The average Bonchev–Trinajstić information content (AvgIpc) is 3.31. The number of nitrogens with zero attached hydrogens (tertiary/aromatic N) is 1. The number of hydrogen-bond acceptors (Lipinski definition) is 8. The number of aliphatic imine (C=N–C) groups is 1. The predicted molar refractivity (Wildman–Crippen MR) is 169 cm³/mol. The van der Waals surface area contributed by atoms with E-state index in [-0.39, 0.29) is 25.6 Å². The second-order valence-corrected chi connectivity index (χ2v) is 14.1. The van der Waals surface area contributed by atoms with Gasteiger partial charge in [-0.3, -0.25) is 0 Å². The molecule has 2 aromatic carbocycles. The van der Waals surface area contributed by atoms with Crippen molar-refractivity contribution in [3.63, 3.8) is 0 Å². The number of rotatable bonds is 15. The number of benzene rings is 2. The van der Waals surface area contributed by atoms with E-state index in [1.54, 1.807) is 33.3 Å². The molecule has 1 aliphatic rings. The van der Waals surface area contributed by atoms with Crippen LogP contribution in [0.3, 0.4) is 0 Å². The molecular formula is C33H47F3NO7P. The molecule has 252 valence electrons. The summed E-state index contributed by atoms with van der Waals surface area (Å²) >= 11 is 0. The zero-order valence-electron chi connectivity index (χ0n) is 27.8. The Labute approximate surface area is 266 Å². The lowest BCUT2D eigenvalue weighted by molar-refractivity contribution is -0.139. The van der Waals surface area contributed by atoms with Gasteiger partial charge in [-0.2, -0.15) is 13.2 Å². The molecule has 0 amide bonds. The number of hydrogen-bond donors (Lipinski definition) is 0. The molecule has 1 atom stereocenters. The van der Waals surface area contributed by atoms with Crippen LogP contribution < -0.4 is 14.2 Å². The summed E-state index contributed by atoms with van der Waals surface area (Å²) < 4.78 is 82.5. The van der Waals surface area contributed by atoms with Crippen molar-refractivity contribution in [1.82, 2.24) is 0 Å². The summed E-state index contributed by atoms with van der Waals surface area (Å²) in [6.07, 6.45) is -2.72. The molecule has 0 saturated carbocycles. The first-order valence-electron chi connectivity index (χ1n) is 15.0. The normalized spacial score (nSPS) is 17.3. The van der Waals surface area contributed by atoms with Crippen LogP contribution in [0, 0.1) is 0 Å². The second kappa shape index (κ2) is 15.3. The topological polar surface area (TPSA) is 77.0 Å². The third kappa shape index (κ3) is 11.9. The van der Waals surface area contributed by atoms with Gasteiger partial charge in [0.2, 0.25) is 0 Å². The largest absolute Gasteiger partial charge is 0.493 e. The molecule has 0 N–H and O–H groups in total. The van der Waals surface area contributed by atoms with Crippen LogP contribution in [-0.2, 0) is 37.3 Å². The summed E-state index contributed by atoms with van der Waals surface area (Å²) in [6.45, 7) is 13.8. The highest BCUT2D eigenvalue weighted by Crippen LogP contribution is 2.48. The van der Waals surface area contributed by atoms with Gasteiger partial charge in [0, 0.05) is 6.92 Å². The second-order valence-electron chi connectivity index (χ2n) is 13.0. The van der Waals surface area contributed by atoms with E-state index in [9.17, 15) is 13.2 Å².